The summed E-state index contributed by atoms with van der Waals surface area (Å²) < 4.78 is 17.0. The van der Waals surface area contributed by atoms with E-state index >= 15 is 0 Å². The molecule has 0 aliphatic carbocycles. The number of carbonyl (C=O) groups is 1. The fraction of sp³-hybridized carbons (Fsp3) is 0.360. The van der Waals surface area contributed by atoms with E-state index in [1.165, 1.54) is 17.8 Å². The number of nitro benzene ring substituents is 1. The summed E-state index contributed by atoms with van der Waals surface area (Å²) in [5, 5.41) is 12.8. The molecule has 0 saturated heterocycles. The van der Waals surface area contributed by atoms with Gasteiger partial charge in [0.05, 0.1) is 35.3 Å². The Bertz CT molecular complexity index is 1150. The molecule has 0 aromatic heterocycles. The second kappa shape index (κ2) is 11.7. The molecule has 0 fully saturated rings. The normalized spacial score (nSPS) is 15.5. The summed E-state index contributed by atoms with van der Waals surface area (Å²) in [6.45, 7) is 6.01. The molecule has 0 saturated carbocycles. The second-order valence-corrected chi connectivity index (χ2v) is 8.39. The first-order chi connectivity index (χ1) is 16.8. The Labute approximate surface area is 208 Å². The molecule has 0 N–H and O–H groups in total. The van der Waals surface area contributed by atoms with Crippen molar-refractivity contribution in [2.45, 2.75) is 33.4 Å². The van der Waals surface area contributed by atoms with Crippen LogP contribution in [0.3, 0.4) is 0 Å². The van der Waals surface area contributed by atoms with Crippen LogP contribution in [0.4, 0.5) is 5.69 Å². The Hall–Kier alpha value is -3.53. The average molecular weight is 500 g/mol. The van der Waals surface area contributed by atoms with Crippen LogP contribution in [0.25, 0.3) is 0 Å². The minimum Gasteiger partial charge on any atom is -0.490 e. The third-order valence-electron chi connectivity index (χ3n) is 5.49. The SMILES string of the molecule is CCOC(=O)C1=C(C)N(C)C(SC)=N[C@@H]1c1cc(OCC)c(OCc2ccccc2)cc1[N+](=O)[O-]. The number of esters is 1. The first kappa shape index (κ1) is 26.1. The van der Waals surface area contributed by atoms with Gasteiger partial charge in [-0.3, -0.25) is 10.1 Å². The second-order valence-electron chi connectivity index (χ2n) is 7.62. The van der Waals surface area contributed by atoms with Gasteiger partial charge < -0.3 is 19.1 Å². The van der Waals surface area contributed by atoms with E-state index in [0.717, 1.165) is 5.56 Å². The molecule has 9 nitrogen and oxygen atoms in total. The lowest BCUT2D eigenvalue weighted by Gasteiger charge is -2.31. The van der Waals surface area contributed by atoms with Gasteiger partial charge in [-0.15, -0.1) is 0 Å². The molecule has 0 bridgehead atoms. The topological polar surface area (TPSA) is 104 Å². The quantitative estimate of drug-likeness (QED) is 0.266. The Balaban J connectivity index is 2.15. The van der Waals surface area contributed by atoms with Crippen molar-refractivity contribution in [1.29, 1.82) is 0 Å². The number of hydrogen-bond donors (Lipinski definition) is 0. The number of nitro groups is 1. The monoisotopic (exact) mass is 499 g/mol. The first-order valence-corrected chi connectivity index (χ1v) is 12.4. The minimum atomic E-state index is -0.935. The van der Waals surface area contributed by atoms with E-state index in [9.17, 15) is 14.9 Å². The zero-order valence-corrected chi connectivity index (χ0v) is 21.3. The van der Waals surface area contributed by atoms with Crippen molar-refractivity contribution in [1.82, 2.24) is 4.90 Å². The third-order valence-corrected chi connectivity index (χ3v) is 6.24. The van der Waals surface area contributed by atoms with Gasteiger partial charge in [-0.1, -0.05) is 42.1 Å². The highest BCUT2D eigenvalue weighted by Gasteiger charge is 2.37. The molecule has 1 aliphatic rings. The molecular weight excluding hydrogens is 470 g/mol. The Morgan fingerprint density at radius 3 is 2.43 bits per heavy atom. The van der Waals surface area contributed by atoms with Crippen molar-refractivity contribution in [3.05, 3.63) is 75.0 Å². The van der Waals surface area contributed by atoms with E-state index in [4.69, 9.17) is 19.2 Å². The fourth-order valence-electron chi connectivity index (χ4n) is 3.72. The zero-order valence-electron chi connectivity index (χ0n) is 20.4. The van der Waals surface area contributed by atoms with Gasteiger partial charge in [-0.25, -0.2) is 9.79 Å². The number of nitrogens with zero attached hydrogens (tertiary/aromatic N) is 3. The predicted octanol–water partition coefficient (Wildman–Crippen LogP) is 5.12. The van der Waals surface area contributed by atoms with E-state index in [0.29, 0.717) is 23.2 Å². The molecule has 2 aromatic carbocycles. The third kappa shape index (κ3) is 5.76. The molecule has 0 amide bonds. The molecule has 35 heavy (non-hydrogen) atoms. The van der Waals surface area contributed by atoms with Gasteiger partial charge in [-0.2, -0.15) is 0 Å². The van der Waals surface area contributed by atoms with Gasteiger partial charge in [0.15, 0.2) is 16.7 Å². The van der Waals surface area contributed by atoms with Crippen molar-refractivity contribution >= 4 is 28.6 Å². The largest absolute Gasteiger partial charge is 0.490 e. The number of amidine groups is 1. The molecule has 0 unspecified atom stereocenters. The maximum absolute atomic E-state index is 12.9. The Morgan fingerprint density at radius 2 is 1.83 bits per heavy atom. The van der Waals surface area contributed by atoms with Gasteiger partial charge >= 0.3 is 5.97 Å². The molecule has 1 atom stereocenters. The van der Waals surface area contributed by atoms with Gasteiger partial charge in [0.2, 0.25) is 0 Å². The van der Waals surface area contributed by atoms with Crippen molar-refractivity contribution < 1.29 is 23.9 Å². The highest BCUT2D eigenvalue weighted by atomic mass is 32.2. The van der Waals surface area contributed by atoms with Gasteiger partial charge in [0.1, 0.15) is 12.6 Å². The molecule has 2 aromatic rings. The maximum atomic E-state index is 12.9. The number of aliphatic imine (C=N–C) groups is 1. The lowest BCUT2D eigenvalue weighted by molar-refractivity contribution is -0.385. The number of rotatable bonds is 9. The van der Waals surface area contributed by atoms with Crippen LogP contribution in [0.5, 0.6) is 11.5 Å². The van der Waals surface area contributed by atoms with E-state index in [2.05, 4.69) is 0 Å². The summed E-state index contributed by atoms with van der Waals surface area (Å²) in [5.74, 6) is 0.0127. The van der Waals surface area contributed by atoms with E-state index in [1.54, 1.807) is 31.9 Å². The molecule has 186 valence electrons. The number of hydrogen-bond acceptors (Lipinski definition) is 9. The smallest absolute Gasteiger partial charge is 0.338 e. The summed E-state index contributed by atoms with van der Waals surface area (Å²) >= 11 is 1.38. The summed E-state index contributed by atoms with van der Waals surface area (Å²) in [5.41, 5.74) is 1.78. The van der Waals surface area contributed by atoms with E-state index in [-0.39, 0.29) is 35.8 Å². The maximum Gasteiger partial charge on any atom is 0.338 e. The Morgan fingerprint density at radius 1 is 1.14 bits per heavy atom. The van der Waals surface area contributed by atoms with Crippen LogP contribution in [0, 0.1) is 10.1 Å². The molecule has 1 aliphatic heterocycles. The van der Waals surface area contributed by atoms with Crippen molar-refractivity contribution in [2.75, 3.05) is 26.5 Å². The van der Waals surface area contributed by atoms with Gasteiger partial charge in [0, 0.05) is 12.7 Å². The van der Waals surface area contributed by atoms with Gasteiger partial charge in [0.25, 0.3) is 5.69 Å². The van der Waals surface area contributed by atoms with Crippen LogP contribution in [0.15, 0.2) is 58.7 Å². The number of carbonyl (C=O) groups excluding carboxylic acids is 1. The highest BCUT2D eigenvalue weighted by molar-refractivity contribution is 8.13. The van der Waals surface area contributed by atoms with Crippen LogP contribution in [0.1, 0.15) is 37.9 Å². The number of thioether (sulfide) groups is 1. The Kier molecular flexibility index (Phi) is 8.75. The molecule has 0 spiro atoms. The first-order valence-electron chi connectivity index (χ1n) is 11.2. The molecule has 3 rings (SSSR count). The molecule has 0 radical (unpaired) electrons. The fourth-order valence-corrected chi connectivity index (χ4v) is 4.35. The number of allylic oxidation sites excluding steroid dienone is 1. The highest BCUT2D eigenvalue weighted by Crippen LogP contribution is 2.44. The van der Waals surface area contributed by atoms with Crippen LogP contribution in [-0.4, -0.2) is 47.5 Å². The minimum absolute atomic E-state index is 0.170. The van der Waals surface area contributed by atoms with E-state index < -0.39 is 16.9 Å². The summed E-state index contributed by atoms with van der Waals surface area (Å²) in [4.78, 5) is 31.1. The van der Waals surface area contributed by atoms with Crippen molar-refractivity contribution in [2.24, 2.45) is 4.99 Å². The van der Waals surface area contributed by atoms with Crippen molar-refractivity contribution in [3.8, 4) is 11.5 Å². The zero-order chi connectivity index (χ0) is 25.5. The van der Waals surface area contributed by atoms with Crippen LogP contribution >= 0.6 is 11.8 Å². The number of benzene rings is 2. The summed E-state index contributed by atoms with van der Waals surface area (Å²) in [6.07, 6.45) is 1.86. The van der Waals surface area contributed by atoms with Gasteiger partial charge in [-0.05, 0) is 38.7 Å². The summed E-state index contributed by atoms with van der Waals surface area (Å²) in [6, 6.07) is 11.4. The van der Waals surface area contributed by atoms with Crippen LogP contribution < -0.4 is 9.47 Å². The van der Waals surface area contributed by atoms with E-state index in [1.807, 2.05) is 43.5 Å². The predicted molar refractivity (Wildman–Crippen MR) is 136 cm³/mol. The number of ether oxygens (including phenoxy) is 3. The average Bonchev–Trinajstić information content (AvgIpc) is 2.85. The standard InChI is InChI=1S/C25H29N3O6S/c1-6-32-20-13-18(19(28(30)31)14-21(20)34-15-17-11-9-8-10-12-17)23-22(24(29)33-7-2)16(3)27(4)25(26-23)35-5/h8-14,23H,6-7,15H2,1-5H3/t23-/m1/s1. The molecular formula is C25H29N3O6S. The molecule has 10 heteroatoms. The molecule has 1 heterocycles. The lowest BCUT2D eigenvalue weighted by Crippen LogP contribution is -2.32. The lowest BCUT2D eigenvalue weighted by atomic mass is 9.94. The summed E-state index contributed by atoms with van der Waals surface area (Å²) in [7, 11) is 1.79. The van der Waals surface area contributed by atoms with Crippen LogP contribution in [0.2, 0.25) is 0 Å². The van der Waals surface area contributed by atoms with Crippen molar-refractivity contribution in [3.63, 3.8) is 0 Å². The van der Waals surface area contributed by atoms with Crippen LogP contribution in [-0.2, 0) is 16.1 Å².